The van der Waals surface area contributed by atoms with Gasteiger partial charge in [0.05, 0.1) is 13.7 Å². The molecule has 0 spiro atoms. The molecule has 5 nitrogen and oxygen atoms in total. The summed E-state index contributed by atoms with van der Waals surface area (Å²) in [7, 11) is 1.32. The van der Waals surface area contributed by atoms with Gasteiger partial charge in [0.1, 0.15) is 0 Å². The molecule has 0 aliphatic carbocycles. The van der Waals surface area contributed by atoms with Crippen LogP contribution in [0.15, 0.2) is 0 Å². The summed E-state index contributed by atoms with van der Waals surface area (Å²) in [5, 5.41) is 0. The average molecular weight is 230 g/mol. The van der Waals surface area contributed by atoms with Crippen LogP contribution >= 0.6 is 0 Å². The topological polar surface area (TPSA) is 69.7 Å². The molecule has 0 aromatic heterocycles. The van der Waals surface area contributed by atoms with Crippen LogP contribution in [0.2, 0.25) is 0 Å². The zero-order valence-corrected chi connectivity index (χ0v) is 9.95. The highest BCUT2D eigenvalue weighted by atomic mass is 16.5. The molecule has 0 saturated heterocycles. The number of hydrogen-bond donors (Lipinski definition) is 0. The summed E-state index contributed by atoms with van der Waals surface area (Å²) < 4.78 is 9.06. The van der Waals surface area contributed by atoms with Crippen molar-refractivity contribution in [2.45, 2.75) is 33.1 Å². The lowest BCUT2D eigenvalue weighted by molar-refractivity contribution is -0.155. The van der Waals surface area contributed by atoms with Crippen LogP contribution in [-0.2, 0) is 23.9 Å². The monoisotopic (exact) mass is 230 g/mol. The van der Waals surface area contributed by atoms with Crippen LogP contribution in [0, 0.1) is 5.92 Å². The van der Waals surface area contributed by atoms with Crippen LogP contribution in [0.4, 0.5) is 0 Å². The first kappa shape index (κ1) is 14.6. The van der Waals surface area contributed by atoms with Crippen molar-refractivity contribution in [1.29, 1.82) is 0 Å². The summed E-state index contributed by atoms with van der Waals surface area (Å²) in [6.45, 7) is 3.49. The molecule has 0 fully saturated rings. The zero-order chi connectivity index (χ0) is 12.6. The first-order valence-corrected chi connectivity index (χ1v) is 5.30. The molecule has 5 heteroatoms. The molecule has 0 N–H and O–H groups in total. The van der Waals surface area contributed by atoms with Crippen molar-refractivity contribution in [3.63, 3.8) is 0 Å². The van der Waals surface area contributed by atoms with E-state index in [0.717, 1.165) is 0 Å². The third-order valence-electron chi connectivity index (χ3n) is 2.17. The minimum absolute atomic E-state index is 0.194. The van der Waals surface area contributed by atoms with Gasteiger partial charge in [-0.25, -0.2) is 4.79 Å². The predicted octanol–water partition coefficient (Wildman–Crippen LogP) is 1.10. The molecule has 92 valence electrons. The van der Waals surface area contributed by atoms with Crippen LogP contribution in [0.1, 0.15) is 33.1 Å². The largest absolute Gasteiger partial charge is 0.469 e. The summed E-state index contributed by atoms with van der Waals surface area (Å²) in [6, 6.07) is 0. The Kier molecular flexibility index (Phi) is 7.16. The molecular weight excluding hydrogens is 212 g/mol. The second kappa shape index (κ2) is 7.84. The van der Waals surface area contributed by atoms with Gasteiger partial charge in [0.15, 0.2) is 0 Å². The molecule has 16 heavy (non-hydrogen) atoms. The molecule has 0 rings (SSSR count). The van der Waals surface area contributed by atoms with Crippen molar-refractivity contribution < 1.29 is 23.9 Å². The Morgan fingerprint density at radius 1 is 1.25 bits per heavy atom. The van der Waals surface area contributed by atoms with Crippen molar-refractivity contribution in [2.24, 2.45) is 5.92 Å². The van der Waals surface area contributed by atoms with E-state index in [-0.39, 0.29) is 19.0 Å². The predicted molar refractivity (Wildman–Crippen MR) is 56.7 cm³/mol. The maximum atomic E-state index is 11.4. The Labute approximate surface area is 95.1 Å². The SMILES string of the molecule is CCOC(=O)C(=O)C(C)CCCC(=O)OC. The highest BCUT2D eigenvalue weighted by molar-refractivity contribution is 6.34. The molecule has 0 aromatic rings. The smallest absolute Gasteiger partial charge is 0.374 e. The van der Waals surface area contributed by atoms with E-state index < -0.39 is 17.7 Å². The second-order valence-electron chi connectivity index (χ2n) is 3.45. The number of Topliss-reactive ketones (excluding diaryl/α,β-unsaturated/α-hetero) is 1. The molecule has 1 unspecified atom stereocenters. The van der Waals surface area contributed by atoms with Crippen LogP contribution in [0.3, 0.4) is 0 Å². The fourth-order valence-electron chi connectivity index (χ4n) is 1.19. The molecular formula is C11H18O5. The lowest BCUT2D eigenvalue weighted by Gasteiger charge is -2.08. The van der Waals surface area contributed by atoms with Gasteiger partial charge in [-0.2, -0.15) is 0 Å². The molecule has 0 amide bonds. The number of carbonyl (C=O) groups excluding carboxylic acids is 3. The van der Waals surface area contributed by atoms with Crippen LogP contribution < -0.4 is 0 Å². The number of rotatable bonds is 7. The quantitative estimate of drug-likeness (QED) is 0.484. The first-order valence-electron chi connectivity index (χ1n) is 5.30. The van der Waals surface area contributed by atoms with E-state index in [1.165, 1.54) is 7.11 Å². The maximum absolute atomic E-state index is 11.4. The van der Waals surface area contributed by atoms with E-state index in [0.29, 0.717) is 12.8 Å². The van der Waals surface area contributed by atoms with Crippen molar-refractivity contribution >= 4 is 17.7 Å². The minimum atomic E-state index is -0.798. The first-order chi connectivity index (χ1) is 7.52. The van der Waals surface area contributed by atoms with E-state index in [2.05, 4.69) is 9.47 Å². The molecule has 1 atom stereocenters. The normalized spacial score (nSPS) is 11.7. The minimum Gasteiger partial charge on any atom is -0.469 e. The summed E-state index contributed by atoms with van der Waals surface area (Å²) >= 11 is 0. The lowest BCUT2D eigenvalue weighted by Crippen LogP contribution is -2.24. The van der Waals surface area contributed by atoms with Crippen molar-refractivity contribution in [1.82, 2.24) is 0 Å². The van der Waals surface area contributed by atoms with Crippen molar-refractivity contribution in [3.05, 3.63) is 0 Å². The van der Waals surface area contributed by atoms with E-state index in [1.807, 2.05) is 0 Å². The number of ether oxygens (including phenoxy) is 2. The van der Waals surface area contributed by atoms with Gasteiger partial charge < -0.3 is 9.47 Å². The summed E-state index contributed by atoms with van der Waals surface area (Å²) in [5.41, 5.74) is 0. The van der Waals surface area contributed by atoms with Crippen molar-refractivity contribution in [3.8, 4) is 0 Å². The fourth-order valence-corrected chi connectivity index (χ4v) is 1.19. The Bertz CT molecular complexity index is 259. The number of esters is 2. The third-order valence-corrected chi connectivity index (χ3v) is 2.17. The van der Waals surface area contributed by atoms with E-state index >= 15 is 0 Å². The molecule has 0 heterocycles. The highest BCUT2D eigenvalue weighted by Crippen LogP contribution is 2.10. The van der Waals surface area contributed by atoms with Gasteiger partial charge in [0, 0.05) is 12.3 Å². The highest BCUT2D eigenvalue weighted by Gasteiger charge is 2.22. The third kappa shape index (κ3) is 5.48. The number of ketones is 1. The number of methoxy groups -OCH3 is 1. The number of carbonyl (C=O) groups is 3. The summed E-state index contributed by atoms with van der Waals surface area (Å²) in [6.07, 6.45) is 1.27. The Hall–Kier alpha value is -1.39. The van der Waals surface area contributed by atoms with Gasteiger partial charge in [-0.1, -0.05) is 6.92 Å². The van der Waals surface area contributed by atoms with Gasteiger partial charge in [-0.15, -0.1) is 0 Å². The van der Waals surface area contributed by atoms with Gasteiger partial charge in [0.25, 0.3) is 0 Å². The number of hydrogen-bond acceptors (Lipinski definition) is 5. The van der Waals surface area contributed by atoms with Gasteiger partial charge >= 0.3 is 11.9 Å². The molecule has 0 aliphatic heterocycles. The Morgan fingerprint density at radius 3 is 2.38 bits per heavy atom. The second-order valence-corrected chi connectivity index (χ2v) is 3.45. The summed E-state index contributed by atoms with van der Waals surface area (Å²) in [5.74, 6) is -2.06. The van der Waals surface area contributed by atoms with Crippen LogP contribution in [0.25, 0.3) is 0 Å². The van der Waals surface area contributed by atoms with Gasteiger partial charge in [0.2, 0.25) is 5.78 Å². The van der Waals surface area contributed by atoms with E-state index in [9.17, 15) is 14.4 Å². The Balaban J connectivity index is 3.88. The summed E-state index contributed by atoms with van der Waals surface area (Å²) in [4.78, 5) is 33.3. The zero-order valence-electron chi connectivity index (χ0n) is 9.95. The molecule has 0 saturated carbocycles. The van der Waals surface area contributed by atoms with Gasteiger partial charge in [-0.3, -0.25) is 9.59 Å². The van der Waals surface area contributed by atoms with E-state index in [4.69, 9.17) is 0 Å². The van der Waals surface area contributed by atoms with Gasteiger partial charge in [-0.05, 0) is 19.8 Å². The van der Waals surface area contributed by atoms with Crippen LogP contribution in [0.5, 0.6) is 0 Å². The standard InChI is InChI=1S/C11H18O5/c1-4-16-11(14)10(13)8(2)6-5-7-9(12)15-3/h8H,4-7H2,1-3H3. The maximum Gasteiger partial charge on any atom is 0.374 e. The molecule has 0 aliphatic rings. The fraction of sp³-hybridized carbons (Fsp3) is 0.727. The molecule has 0 bridgehead atoms. The van der Waals surface area contributed by atoms with E-state index in [1.54, 1.807) is 13.8 Å². The molecule has 0 radical (unpaired) electrons. The Morgan fingerprint density at radius 2 is 1.88 bits per heavy atom. The lowest BCUT2D eigenvalue weighted by atomic mass is 9.99. The average Bonchev–Trinajstić information content (AvgIpc) is 2.27. The van der Waals surface area contributed by atoms with Crippen molar-refractivity contribution in [2.75, 3.05) is 13.7 Å². The van der Waals surface area contributed by atoms with Crippen LogP contribution in [-0.4, -0.2) is 31.4 Å². The molecule has 0 aromatic carbocycles.